The van der Waals surface area contributed by atoms with E-state index in [0.29, 0.717) is 0 Å². The van der Waals surface area contributed by atoms with Gasteiger partial charge in [0.15, 0.2) is 0 Å². The maximum atomic E-state index is 5.92. The third kappa shape index (κ3) is 1.03. The molecule has 0 bridgehead atoms. The lowest BCUT2D eigenvalue weighted by atomic mass is 10.2. The largest absolute Gasteiger partial charge is 0.320 e. The molecule has 1 fully saturated rings. The monoisotopic (exact) mass is 152 g/mol. The Balaban J connectivity index is 2.25. The molecular formula is C7H12N4. The average Bonchev–Trinajstić information content (AvgIpc) is 2.61. The predicted octanol–water partition coefficient (Wildman–Crippen LogP) is 0.246. The van der Waals surface area contributed by atoms with Gasteiger partial charge in [-0.2, -0.15) is 0 Å². The van der Waals surface area contributed by atoms with Gasteiger partial charge in [0, 0.05) is 6.54 Å². The van der Waals surface area contributed by atoms with Crippen molar-refractivity contribution >= 4 is 0 Å². The summed E-state index contributed by atoms with van der Waals surface area (Å²) >= 11 is 0. The first-order valence-corrected chi connectivity index (χ1v) is 3.94. The molecule has 1 saturated carbocycles. The first-order chi connectivity index (χ1) is 5.24. The van der Waals surface area contributed by atoms with Gasteiger partial charge in [-0.3, -0.25) is 4.68 Å². The van der Waals surface area contributed by atoms with Crippen molar-refractivity contribution in [3.05, 3.63) is 11.9 Å². The molecule has 1 aromatic rings. The van der Waals surface area contributed by atoms with Gasteiger partial charge in [-0.25, -0.2) is 0 Å². The lowest BCUT2D eigenvalue weighted by Crippen LogP contribution is -2.19. The molecule has 1 aromatic heterocycles. The van der Waals surface area contributed by atoms with Crippen molar-refractivity contribution in [2.45, 2.75) is 31.8 Å². The molecule has 0 unspecified atom stereocenters. The Kier molecular flexibility index (Phi) is 1.26. The Bertz CT molecular complexity index is 261. The number of nitrogens with two attached hydrogens (primary N) is 1. The van der Waals surface area contributed by atoms with Crippen LogP contribution in [0.5, 0.6) is 0 Å². The molecule has 0 saturated heterocycles. The fraction of sp³-hybridized carbons (Fsp3) is 0.714. The Hall–Kier alpha value is -0.900. The minimum Gasteiger partial charge on any atom is -0.320 e. The van der Waals surface area contributed by atoms with E-state index in [2.05, 4.69) is 10.3 Å². The predicted molar refractivity (Wildman–Crippen MR) is 40.8 cm³/mol. The van der Waals surface area contributed by atoms with Crippen LogP contribution in [0, 0.1) is 0 Å². The minimum atomic E-state index is -0.132. The molecule has 2 N–H and O–H groups in total. The Morgan fingerprint density at radius 3 is 2.91 bits per heavy atom. The number of hydrogen-bond acceptors (Lipinski definition) is 3. The summed E-state index contributed by atoms with van der Waals surface area (Å²) in [7, 11) is 0. The molecule has 0 aromatic carbocycles. The molecule has 4 heteroatoms. The maximum Gasteiger partial charge on any atom is 0.102 e. The van der Waals surface area contributed by atoms with E-state index in [1.54, 1.807) is 0 Å². The second-order valence-electron chi connectivity index (χ2n) is 3.12. The van der Waals surface area contributed by atoms with Crippen molar-refractivity contribution in [2.24, 2.45) is 5.73 Å². The average molecular weight is 152 g/mol. The van der Waals surface area contributed by atoms with Gasteiger partial charge < -0.3 is 5.73 Å². The zero-order chi connectivity index (χ0) is 7.90. The lowest BCUT2D eigenvalue weighted by molar-refractivity contribution is 0.625. The lowest BCUT2D eigenvalue weighted by Gasteiger charge is -1.99. The highest BCUT2D eigenvalue weighted by atomic mass is 15.4. The number of hydrogen-bond donors (Lipinski definition) is 1. The summed E-state index contributed by atoms with van der Waals surface area (Å²) in [6, 6.07) is 0. The number of rotatable bonds is 2. The second kappa shape index (κ2) is 2.04. The van der Waals surface area contributed by atoms with E-state index in [1.165, 1.54) is 0 Å². The van der Waals surface area contributed by atoms with Crippen LogP contribution in [0.25, 0.3) is 0 Å². The zero-order valence-electron chi connectivity index (χ0n) is 6.62. The van der Waals surface area contributed by atoms with Crippen LogP contribution in [0.1, 0.15) is 25.5 Å². The summed E-state index contributed by atoms with van der Waals surface area (Å²) in [5.74, 6) is 0. The van der Waals surface area contributed by atoms with Crippen LogP contribution in [0.4, 0.5) is 0 Å². The summed E-state index contributed by atoms with van der Waals surface area (Å²) < 4.78 is 1.81. The molecule has 2 rings (SSSR count). The van der Waals surface area contributed by atoms with Gasteiger partial charge in [0.2, 0.25) is 0 Å². The van der Waals surface area contributed by atoms with E-state index in [0.717, 1.165) is 25.1 Å². The van der Waals surface area contributed by atoms with Crippen molar-refractivity contribution in [1.29, 1.82) is 0 Å². The number of nitrogens with zero attached hydrogens (tertiary/aromatic N) is 3. The smallest absolute Gasteiger partial charge is 0.102 e. The van der Waals surface area contributed by atoms with E-state index in [9.17, 15) is 0 Å². The topological polar surface area (TPSA) is 56.7 Å². The summed E-state index contributed by atoms with van der Waals surface area (Å²) in [4.78, 5) is 0. The molecule has 1 heterocycles. The summed E-state index contributed by atoms with van der Waals surface area (Å²) in [6.45, 7) is 2.90. The molecule has 4 nitrogen and oxygen atoms in total. The SMILES string of the molecule is CCn1cc(C2(N)CC2)nn1. The highest BCUT2D eigenvalue weighted by Gasteiger charge is 2.42. The van der Waals surface area contributed by atoms with Gasteiger partial charge in [0.25, 0.3) is 0 Å². The van der Waals surface area contributed by atoms with Gasteiger partial charge >= 0.3 is 0 Å². The molecule has 1 aliphatic rings. The third-order valence-electron chi connectivity index (χ3n) is 2.16. The molecule has 11 heavy (non-hydrogen) atoms. The molecule has 0 atom stereocenters. The number of aryl methyl sites for hydroxylation is 1. The molecule has 60 valence electrons. The third-order valence-corrected chi connectivity index (χ3v) is 2.16. The van der Waals surface area contributed by atoms with Gasteiger partial charge in [-0.1, -0.05) is 5.21 Å². The van der Waals surface area contributed by atoms with Crippen LogP contribution in [0.3, 0.4) is 0 Å². The molecule has 0 aliphatic heterocycles. The van der Waals surface area contributed by atoms with Crippen LogP contribution in [0.15, 0.2) is 6.20 Å². The highest BCUT2D eigenvalue weighted by molar-refractivity contribution is 5.17. The summed E-state index contributed by atoms with van der Waals surface area (Å²) in [5, 5.41) is 7.94. The summed E-state index contributed by atoms with van der Waals surface area (Å²) in [6.07, 6.45) is 4.04. The van der Waals surface area contributed by atoms with E-state index >= 15 is 0 Å². The van der Waals surface area contributed by atoms with Crippen molar-refractivity contribution in [3.8, 4) is 0 Å². The highest BCUT2D eigenvalue weighted by Crippen LogP contribution is 2.41. The fourth-order valence-corrected chi connectivity index (χ4v) is 1.07. The van der Waals surface area contributed by atoms with Crippen LogP contribution < -0.4 is 5.73 Å². The molecular weight excluding hydrogens is 140 g/mol. The Morgan fingerprint density at radius 1 is 1.73 bits per heavy atom. The minimum absolute atomic E-state index is 0.132. The normalized spacial score (nSPS) is 20.2. The van der Waals surface area contributed by atoms with Crippen LogP contribution >= 0.6 is 0 Å². The van der Waals surface area contributed by atoms with Crippen molar-refractivity contribution < 1.29 is 0 Å². The Morgan fingerprint density at radius 2 is 2.45 bits per heavy atom. The van der Waals surface area contributed by atoms with Gasteiger partial charge in [0.05, 0.1) is 11.7 Å². The molecule has 0 radical (unpaired) electrons. The van der Waals surface area contributed by atoms with E-state index in [-0.39, 0.29) is 5.54 Å². The van der Waals surface area contributed by atoms with Crippen LogP contribution in [-0.2, 0) is 12.1 Å². The van der Waals surface area contributed by atoms with Gasteiger partial charge in [0.1, 0.15) is 5.69 Å². The standard InChI is InChI=1S/C7H12N4/c1-2-11-5-6(9-10-11)7(8)3-4-7/h5H,2-4,8H2,1H3. The second-order valence-corrected chi connectivity index (χ2v) is 3.12. The molecule has 0 amide bonds. The summed E-state index contributed by atoms with van der Waals surface area (Å²) in [5.41, 5.74) is 6.73. The maximum absolute atomic E-state index is 5.92. The van der Waals surface area contributed by atoms with Crippen molar-refractivity contribution in [2.75, 3.05) is 0 Å². The van der Waals surface area contributed by atoms with E-state index in [1.807, 2.05) is 17.8 Å². The van der Waals surface area contributed by atoms with Crippen molar-refractivity contribution in [1.82, 2.24) is 15.0 Å². The molecule has 0 spiro atoms. The fourth-order valence-electron chi connectivity index (χ4n) is 1.07. The zero-order valence-corrected chi connectivity index (χ0v) is 6.62. The van der Waals surface area contributed by atoms with Crippen LogP contribution in [-0.4, -0.2) is 15.0 Å². The Labute approximate surface area is 65.4 Å². The van der Waals surface area contributed by atoms with E-state index in [4.69, 9.17) is 5.73 Å². The molecule has 1 aliphatic carbocycles. The van der Waals surface area contributed by atoms with E-state index < -0.39 is 0 Å². The van der Waals surface area contributed by atoms with Crippen molar-refractivity contribution in [3.63, 3.8) is 0 Å². The van der Waals surface area contributed by atoms with Crippen LogP contribution in [0.2, 0.25) is 0 Å². The van der Waals surface area contributed by atoms with Gasteiger partial charge in [-0.15, -0.1) is 5.10 Å². The quantitative estimate of drug-likeness (QED) is 0.660. The first-order valence-electron chi connectivity index (χ1n) is 3.94. The van der Waals surface area contributed by atoms with Gasteiger partial charge in [-0.05, 0) is 19.8 Å². The first kappa shape index (κ1) is 6.79. The number of aromatic nitrogens is 3.